The number of hydrogen-bond acceptors (Lipinski definition) is 5. The molecule has 3 rings (SSSR count). The molecule has 7 nitrogen and oxygen atoms in total. The number of hydrogen-bond donors (Lipinski definition) is 2. The highest BCUT2D eigenvalue weighted by Crippen LogP contribution is 2.17. The number of benzene rings is 1. The zero-order valence-corrected chi connectivity index (χ0v) is 16.8. The molecule has 2 N–H and O–H groups in total. The fourth-order valence-corrected chi connectivity index (χ4v) is 3.43. The van der Waals surface area contributed by atoms with Crippen LogP contribution < -0.4 is 15.4 Å². The Hall–Kier alpha value is -2.93. The van der Waals surface area contributed by atoms with Gasteiger partial charge in [-0.15, -0.1) is 0 Å². The average Bonchev–Trinajstić information content (AvgIpc) is 2.75. The third kappa shape index (κ3) is 6.29. The summed E-state index contributed by atoms with van der Waals surface area (Å²) >= 11 is 0. The Labute approximate surface area is 171 Å². The first-order valence-corrected chi connectivity index (χ1v) is 10.1. The van der Waals surface area contributed by atoms with Crippen LogP contribution in [0, 0.1) is 0 Å². The van der Waals surface area contributed by atoms with Crippen LogP contribution in [0.3, 0.4) is 0 Å². The minimum Gasteiger partial charge on any atom is -0.493 e. The molecule has 0 saturated carbocycles. The van der Waals surface area contributed by atoms with Crippen molar-refractivity contribution in [3.05, 3.63) is 59.9 Å². The van der Waals surface area contributed by atoms with Crippen molar-refractivity contribution in [3.63, 3.8) is 0 Å². The van der Waals surface area contributed by atoms with Gasteiger partial charge in [-0.1, -0.05) is 18.2 Å². The molecule has 2 amide bonds. The molecular weight excluding hydrogens is 368 g/mol. The van der Waals surface area contributed by atoms with E-state index in [9.17, 15) is 9.59 Å². The number of carbonyl (C=O) groups excluding carboxylic acids is 2. The van der Waals surface area contributed by atoms with E-state index in [0.29, 0.717) is 17.9 Å². The topological polar surface area (TPSA) is 83.6 Å². The summed E-state index contributed by atoms with van der Waals surface area (Å²) in [4.78, 5) is 31.3. The Morgan fingerprint density at radius 1 is 1.14 bits per heavy atom. The fourth-order valence-electron chi connectivity index (χ4n) is 3.43. The molecular formula is C22H28N4O3. The molecule has 1 aliphatic rings. The van der Waals surface area contributed by atoms with Crippen LogP contribution >= 0.6 is 0 Å². The molecule has 0 spiro atoms. The van der Waals surface area contributed by atoms with Crippen molar-refractivity contribution in [1.82, 2.24) is 20.5 Å². The first kappa shape index (κ1) is 20.8. The van der Waals surface area contributed by atoms with Gasteiger partial charge in [-0.25, -0.2) is 0 Å². The summed E-state index contributed by atoms with van der Waals surface area (Å²) in [6.07, 6.45) is 3.59. The standard InChI is InChI=1S/C22H28N4O3/c1-2-29-20-9-4-3-8-19(20)22(28)24-15-21(27)25-17-10-13-26(14-11-17)16-18-7-5-6-12-23-18/h3-9,12,17H,2,10-11,13-16H2,1H3,(H,24,28)(H,25,27). The quantitative estimate of drug-likeness (QED) is 0.713. The lowest BCUT2D eigenvalue weighted by Gasteiger charge is -2.32. The molecule has 1 fully saturated rings. The molecule has 0 radical (unpaired) electrons. The first-order valence-electron chi connectivity index (χ1n) is 10.1. The molecule has 0 unspecified atom stereocenters. The van der Waals surface area contributed by atoms with Crippen molar-refractivity contribution in [1.29, 1.82) is 0 Å². The summed E-state index contributed by atoms with van der Waals surface area (Å²) in [5.74, 6) is 0.0398. The van der Waals surface area contributed by atoms with Crippen molar-refractivity contribution >= 4 is 11.8 Å². The van der Waals surface area contributed by atoms with Gasteiger partial charge in [0.1, 0.15) is 5.75 Å². The Kier molecular flexibility index (Phi) is 7.58. The number of aromatic nitrogens is 1. The first-order chi connectivity index (χ1) is 14.2. The van der Waals surface area contributed by atoms with E-state index in [1.165, 1.54) is 0 Å². The lowest BCUT2D eigenvalue weighted by atomic mass is 10.0. The SMILES string of the molecule is CCOc1ccccc1C(=O)NCC(=O)NC1CCN(Cc2ccccn2)CC1. The third-order valence-electron chi connectivity index (χ3n) is 4.91. The number of para-hydroxylation sites is 1. The number of nitrogens with one attached hydrogen (secondary N) is 2. The van der Waals surface area contributed by atoms with Crippen LogP contribution in [0.1, 0.15) is 35.8 Å². The zero-order valence-electron chi connectivity index (χ0n) is 16.8. The van der Waals surface area contributed by atoms with E-state index >= 15 is 0 Å². The van der Waals surface area contributed by atoms with Crippen molar-refractivity contribution in [2.24, 2.45) is 0 Å². The average molecular weight is 396 g/mol. The predicted molar refractivity (Wildman–Crippen MR) is 111 cm³/mol. The summed E-state index contributed by atoms with van der Waals surface area (Å²) in [6.45, 7) is 4.95. The maximum Gasteiger partial charge on any atom is 0.255 e. The van der Waals surface area contributed by atoms with Crippen LogP contribution in [0.5, 0.6) is 5.75 Å². The van der Waals surface area contributed by atoms with Crippen molar-refractivity contribution < 1.29 is 14.3 Å². The molecule has 154 valence electrons. The summed E-state index contributed by atoms with van der Waals surface area (Å²) in [6, 6.07) is 13.1. The minimum atomic E-state index is -0.311. The summed E-state index contributed by atoms with van der Waals surface area (Å²) < 4.78 is 5.47. The van der Waals surface area contributed by atoms with E-state index in [4.69, 9.17) is 4.74 Å². The molecule has 0 bridgehead atoms. The van der Waals surface area contributed by atoms with Gasteiger partial charge in [0.15, 0.2) is 0 Å². The number of pyridine rings is 1. The Morgan fingerprint density at radius 2 is 1.90 bits per heavy atom. The maximum atomic E-state index is 12.4. The monoisotopic (exact) mass is 396 g/mol. The summed E-state index contributed by atoms with van der Waals surface area (Å²) in [5, 5.41) is 5.70. The predicted octanol–water partition coefficient (Wildman–Crippen LogP) is 1.99. The number of carbonyl (C=O) groups is 2. The van der Waals surface area contributed by atoms with E-state index in [2.05, 4.69) is 20.5 Å². The maximum absolute atomic E-state index is 12.4. The molecule has 1 aromatic carbocycles. The van der Waals surface area contributed by atoms with Gasteiger partial charge in [0.25, 0.3) is 5.91 Å². The zero-order chi connectivity index (χ0) is 20.5. The van der Waals surface area contributed by atoms with E-state index in [0.717, 1.165) is 38.2 Å². The fraction of sp³-hybridized carbons (Fsp3) is 0.409. The number of likely N-dealkylation sites (tertiary alicyclic amines) is 1. The van der Waals surface area contributed by atoms with E-state index in [1.54, 1.807) is 18.2 Å². The van der Waals surface area contributed by atoms with Crippen molar-refractivity contribution in [3.8, 4) is 5.75 Å². The second-order valence-electron chi connectivity index (χ2n) is 7.05. The van der Waals surface area contributed by atoms with Crippen LogP contribution in [0.15, 0.2) is 48.7 Å². The highest BCUT2D eigenvalue weighted by atomic mass is 16.5. The highest BCUT2D eigenvalue weighted by molar-refractivity contribution is 5.98. The lowest BCUT2D eigenvalue weighted by molar-refractivity contribution is -0.121. The molecule has 2 aromatic rings. The smallest absolute Gasteiger partial charge is 0.255 e. The lowest BCUT2D eigenvalue weighted by Crippen LogP contribution is -2.47. The molecule has 0 aliphatic carbocycles. The number of ether oxygens (including phenoxy) is 1. The van der Waals surface area contributed by atoms with Gasteiger partial charge < -0.3 is 15.4 Å². The number of piperidine rings is 1. The van der Waals surface area contributed by atoms with Crippen LogP contribution in [-0.2, 0) is 11.3 Å². The molecule has 1 aliphatic heterocycles. The van der Waals surface area contributed by atoms with Gasteiger partial charge in [0, 0.05) is 31.9 Å². The van der Waals surface area contributed by atoms with E-state index in [-0.39, 0.29) is 24.4 Å². The normalized spacial score (nSPS) is 14.9. The van der Waals surface area contributed by atoms with Crippen LogP contribution in [0.25, 0.3) is 0 Å². The highest BCUT2D eigenvalue weighted by Gasteiger charge is 2.21. The van der Waals surface area contributed by atoms with Gasteiger partial charge in [-0.05, 0) is 44.0 Å². The molecule has 1 aromatic heterocycles. The largest absolute Gasteiger partial charge is 0.493 e. The summed E-state index contributed by atoms with van der Waals surface area (Å²) in [7, 11) is 0. The Balaban J connectivity index is 1.40. The second kappa shape index (κ2) is 10.6. The van der Waals surface area contributed by atoms with Gasteiger partial charge in [-0.3, -0.25) is 19.5 Å². The molecule has 1 saturated heterocycles. The number of nitrogens with zero attached hydrogens (tertiary/aromatic N) is 2. The molecule has 29 heavy (non-hydrogen) atoms. The Morgan fingerprint density at radius 3 is 2.62 bits per heavy atom. The third-order valence-corrected chi connectivity index (χ3v) is 4.91. The van der Waals surface area contributed by atoms with Crippen molar-refractivity contribution in [2.75, 3.05) is 26.2 Å². The van der Waals surface area contributed by atoms with Gasteiger partial charge in [0.05, 0.1) is 24.4 Å². The van der Waals surface area contributed by atoms with Gasteiger partial charge >= 0.3 is 0 Å². The minimum absolute atomic E-state index is 0.0482. The van der Waals surface area contributed by atoms with Crippen LogP contribution in [-0.4, -0.2) is 54.0 Å². The second-order valence-corrected chi connectivity index (χ2v) is 7.05. The molecule has 0 atom stereocenters. The van der Waals surface area contributed by atoms with Crippen molar-refractivity contribution in [2.45, 2.75) is 32.4 Å². The van der Waals surface area contributed by atoms with Crippen LogP contribution in [0.4, 0.5) is 0 Å². The Bertz CT molecular complexity index is 805. The van der Waals surface area contributed by atoms with Gasteiger partial charge in [-0.2, -0.15) is 0 Å². The van der Waals surface area contributed by atoms with Crippen LogP contribution in [0.2, 0.25) is 0 Å². The number of amides is 2. The van der Waals surface area contributed by atoms with Gasteiger partial charge in [0.2, 0.25) is 5.91 Å². The number of rotatable bonds is 8. The molecule has 7 heteroatoms. The summed E-state index contributed by atoms with van der Waals surface area (Å²) in [5.41, 5.74) is 1.50. The molecule has 2 heterocycles. The van der Waals surface area contributed by atoms with E-state index < -0.39 is 0 Å². The van der Waals surface area contributed by atoms with E-state index in [1.807, 2.05) is 37.4 Å².